The predicted molar refractivity (Wildman–Crippen MR) is 63.9 cm³/mol. The Hall–Kier alpha value is -0.840. The Morgan fingerprint density at radius 1 is 1.25 bits per heavy atom. The lowest BCUT2D eigenvalue weighted by atomic mass is 10.1. The van der Waals surface area contributed by atoms with E-state index in [0.717, 1.165) is 5.57 Å². The van der Waals surface area contributed by atoms with Crippen LogP contribution in [-0.2, 0) is 14.6 Å². The second-order valence-corrected chi connectivity index (χ2v) is 6.90. The molecule has 16 heavy (non-hydrogen) atoms. The van der Waals surface area contributed by atoms with Crippen molar-refractivity contribution in [1.82, 2.24) is 4.90 Å². The molecular formula is C11H19NO3S. The number of nitrogens with zero attached hydrogens (tertiary/aromatic N) is 1. The molecule has 1 saturated heterocycles. The van der Waals surface area contributed by atoms with E-state index in [1.807, 2.05) is 13.8 Å². The first-order valence-electron chi connectivity index (χ1n) is 5.43. The lowest BCUT2D eigenvalue weighted by Gasteiger charge is -2.30. The van der Waals surface area contributed by atoms with Crippen LogP contribution < -0.4 is 0 Å². The molecule has 1 heterocycles. The summed E-state index contributed by atoms with van der Waals surface area (Å²) in [6.07, 6.45) is 3.98. The third kappa shape index (κ3) is 3.63. The number of hydrogen-bond donors (Lipinski definition) is 0. The Kier molecular flexibility index (Phi) is 4.13. The minimum atomic E-state index is -2.95. The summed E-state index contributed by atoms with van der Waals surface area (Å²) in [6.45, 7) is 4.84. The molecular weight excluding hydrogens is 226 g/mol. The molecule has 0 N–H and O–H groups in total. The summed E-state index contributed by atoms with van der Waals surface area (Å²) < 4.78 is 22.7. The molecule has 0 spiro atoms. The fourth-order valence-corrected chi connectivity index (χ4v) is 2.91. The third-order valence-electron chi connectivity index (χ3n) is 2.77. The Morgan fingerprint density at radius 2 is 1.75 bits per heavy atom. The molecule has 92 valence electrons. The first-order valence-corrected chi connectivity index (χ1v) is 7.39. The minimum absolute atomic E-state index is 0.00745. The number of allylic oxidation sites excluding steroid dienone is 1. The van der Waals surface area contributed by atoms with Gasteiger partial charge in [-0.1, -0.05) is 5.57 Å². The number of sulfone groups is 1. The molecule has 1 aliphatic rings. The molecule has 0 unspecified atom stereocenters. The smallest absolute Gasteiger partial charge is 0.246 e. The Morgan fingerprint density at radius 3 is 2.12 bits per heavy atom. The van der Waals surface area contributed by atoms with Crippen LogP contribution in [0.2, 0.25) is 0 Å². The monoisotopic (exact) mass is 245 g/mol. The van der Waals surface area contributed by atoms with Crippen molar-refractivity contribution in [1.29, 1.82) is 0 Å². The normalized spacial score (nSPS) is 18.3. The fraction of sp³-hybridized carbons (Fsp3) is 0.727. The molecule has 1 fully saturated rings. The van der Waals surface area contributed by atoms with Gasteiger partial charge in [-0.3, -0.25) is 4.79 Å². The van der Waals surface area contributed by atoms with Crippen LogP contribution in [0.3, 0.4) is 0 Å². The van der Waals surface area contributed by atoms with Gasteiger partial charge in [0.05, 0.1) is 5.25 Å². The van der Waals surface area contributed by atoms with Gasteiger partial charge in [0, 0.05) is 25.4 Å². The molecule has 4 nitrogen and oxygen atoms in total. The Balaban J connectivity index is 2.56. The molecule has 0 aromatic heterocycles. The zero-order valence-electron chi connectivity index (χ0n) is 10.1. The maximum atomic E-state index is 11.7. The standard InChI is InChI=1S/C11H19NO3S/c1-9(2)8-11(13)12-6-4-10(5-7-12)16(3,14)15/h8,10H,4-7H2,1-3H3. The summed E-state index contributed by atoms with van der Waals surface area (Å²) in [5, 5.41) is -0.275. The minimum Gasteiger partial charge on any atom is -0.339 e. The van der Waals surface area contributed by atoms with Crippen LogP contribution in [0.1, 0.15) is 26.7 Å². The summed E-state index contributed by atoms with van der Waals surface area (Å²) in [5.41, 5.74) is 0.968. The van der Waals surface area contributed by atoms with Crippen molar-refractivity contribution in [3.63, 3.8) is 0 Å². The fourth-order valence-electron chi connectivity index (χ4n) is 1.84. The maximum Gasteiger partial charge on any atom is 0.246 e. The molecule has 5 heteroatoms. The number of rotatable bonds is 2. The molecule has 0 saturated carbocycles. The highest BCUT2D eigenvalue weighted by Gasteiger charge is 2.27. The molecule has 1 amide bonds. The van der Waals surface area contributed by atoms with Gasteiger partial charge in [0.15, 0.2) is 0 Å². The number of likely N-dealkylation sites (tertiary alicyclic amines) is 1. The van der Waals surface area contributed by atoms with Gasteiger partial charge in [-0.2, -0.15) is 0 Å². The van der Waals surface area contributed by atoms with E-state index in [0.29, 0.717) is 25.9 Å². The van der Waals surface area contributed by atoms with Crippen LogP contribution in [0.15, 0.2) is 11.6 Å². The maximum absolute atomic E-state index is 11.7. The molecule has 0 aromatic rings. The van der Waals surface area contributed by atoms with E-state index in [4.69, 9.17) is 0 Å². The highest BCUT2D eigenvalue weighted by molar-refractivity contribution is 7.91. The highest BCUT2D eigenvalue weighted by Crippen LogP contribution is 2.17. The highest BCUT2D eigenvalue weighted by atomic mass is 32.2. The largest absolute Gasteiger partial charge is 0.339 e. The first kappa shape index (κ1) is 13.2. The predicted octanol–water partition coefficient (Wildman–Crippen LogP) is 0.988. The van der Waals surface area contributed by atoms with Crippen molar-refractivity contribution in [2.45, 2.75) is 31.9 Å². The van der Waals surface area contributed by atoms with Gasteiger partial charge in [0.2, 0.25) is 5.91 Å². The third-order valence-corrected chi connectivity index (χ3v) is 4.45. The lowest BCUT2D eigenvalue weighted by Crippen LogP contribution is -2.41. The zero-order chi connectivity index (χ0) is 12.3. The number of carbonyl (C=O) groups excluding carboxylic acids is 1. The van der Waals surface area contributed by atoms with Crippen molar-refractivity contribution >= 4 is 15.7 Å². The molecule has 0 aliphatic carbocycles. The Labute approximate surface area is 97.2 Å². The average molecular weight is 245 g/mol. The van der Waals surface area contributed by atoms with Crippen LogP contribution in [0, 0.1) is 0 Å². The molecule has 0 bridgehead atoms. The lowest BCUT2D eigenvalue weighted by molar-refractivity contribution is -0.126. The van der Waals surface area contributed by atoms with E-state index in [2.05, 4.69) is 0 Å². The Bertz CT molecular complexity index is 385. The second kappa shape index (κ2) is 4.99. The number of hydrogen-bond acceptors (Lipinski definition) is 3. The SMILES string of the molecule is CC(C)=CC(=O)N1CCC(S(C)(=O)=O)CC1. The molecule has 1 aliphatic heterocycles. The van der Waals surface area contributed by atoms with Crippen LogP contribution in [-0.4, -0.2) is 43.8 Å². The van der Waals surface area contributed by atoms with Gasteiger partial charge >= 0.3 is 0 Å². The number of amides is 1. The quantitative estimate of drug-likeness (QED) is 0.682. The van der Waals surface area contributed by atoms with Crippen molar-refractivity contribution in [2.75, 3.05) is 19.3 Å². The number of carbonyl (C=O) groups is 1. The van der Waals surface area contributed by atoms with Gasteiger partial charge in [-0.05, 0) is 26.7 Å². The van der Waals surface area contributed by atoms with Crippen molar-refractivity contribution in [2.24, 2.45) is 0 Å². The van der Waals surface area contributed by atoms with Gasteiger partial charge in [-0.15, -0.1) is 0 Å². The first-order chi connectivity index (χ1) is 7.30. The van der Waals surface area contributed by atoms with Crippen molar-refractivity contribution < 1.29 is 13.2 Å². The van der Waals surface area contributed by atoms with Crippen LogP contribution in [0.4, 0.5) is 0 Å². The molecule has 0 aromatic carbocycles. The van der Waals surface area contributed by atoms with Crippen LogP contribution in [0.5, 0.6) is 0 Å². The van der Waals surface area contributed by atoms with Crippen LogP contribution >= 0.6 is 0 Å². The summed E-state index contributed by atoms with van der Waals surface area (Å²) in [4.78, 5) is 13.4. The zero-order valence-corrected chi connectivity index (χ0v) is 10.9. The van der Waals surface area contributed by atoms with Gasteiger partial charge in [0.25, 0.3) is 0 Å². The van der Waals surface area contributed by atoms with Crippen molar-refractivity contribution in [3.05, 3.63) is 11.6 Å². The molecule has 1 rings (SSSR count). The van der Waals surface area contributed by atoms with E-state index in [1.54, 1.807) is 11.0 Å². The molecule has 0 radical (unpaired) electrons. The topological polar surface area (TPSA) is 54.5 Å². The molecule has 0 atom stereocenters. The second-order valence-electron chi connectivity index (χ2n) is 4.58. The van der Waals surface area contributed by atoms with E-state index in [9.17, 15) is 13.2 Å². The summed E-state index contributed by atoms with van der Waals surface area (Å²) in [5.74, 6) is -0.00745. The van der Waals surface area contributed by atoms with Gasteiger partial charge < -0.3 is 4.90 Å². The van der Waals surface area contributed by atoms with E-state index in [-0.39, 0.29) is 11.2 Å². The summed E-state index contributed by atoms with van der Waals surface area (Å²) >= 11 is 0. The van der Waals surface area contributed by atoms with E-state index < -0.39 is 9.84 Å². The van der Waals surface area contributed by atoms with E-state index >= 15 is 0 Å². The summed E-state index contributed by atoms with van der Waals surface area (Å²) in [6, 6.07) is 0. The van der Waals surface area contributed by atoms with E-state index in [1.165, 1.54) is 6.26 Å². The van der Waals surface area contributed by atoms with Crippen LogP contribution in [0.25, 0.3) is 0 Å². The van der Waals surface area contributed by atoms with Gasteiger partial charge in [0.1, 0.15) is 9.84 Å². The van der Waals surface area contributed by atoms with Gasteiger partial charge in [-0.25, -0.2) is 8.42 Å². The summed E-state index contributed by atoms with van der Waals surface area (Å²) in [7, 11) is -2.95. The average Bonchev–Trinajstić information content (AvgIpc) is 2.15. The van der Waals surface area contributed by atoms with Crippen molar-refractivity contribution in [3.8, 4) is 0 Å². The number of piperidine rings is 1.